The van der Waals surface area contributed by atoms with E-state index in [1.54, 1.807) is 12.1 Å². The van der Waals surface area contributed by atoms with E-state index < -0.39 is 10.0 Å². The molecule has 0 saturated carbocycles. The van der Waals surface area contributed by atoms with Crippen LogP contribution in [0.4, 0.5) is 0 Å². The molecule has 146 valence electrons. The summed E-state index contributed by atoms with van der Waals surface area (Å²) in [6.45, 7) is 2.26. The molecular weight excluding hydrogens is 366 g/mol. The molecule has 0 aliphatic rings. The van der Waals surface area contributed by atoms with Crippen LogP contribution in [0.1, 0.15) is 24.8 Å². The maximum atomic E-state index is 12.3. The number of esters is 1. The zero-order chi connectivity index (χ0) is 19.9. The fourth-order valence-electron chi connectivity index (χ4n) is 2.54. The summed E-state index contributed by atoms with van der Waals surface area (Å²) in [7, 11) is -0.502. The number of nitrogens with zero attached hydrogens (tertiary/aromatic N) is 1. The minimum Gasteiger partial charge on any atom is -0.490 e. The van der Waals surface area contributed by atoms with Gasteiger partial charge in [0.2, 0.25) is 10.0 Å². The van der Waals surface area contributed by atoms with E-state index in [2.05, 4.69) is 0 Å². The lowest BCUT2D eigenvalue weighted by Gasteiger charge is -2.15. The number of carbonyl (C=O) groups is 1. The van der Waals surface area contributed by atoms with Gasteiger partial charge in [-0.2, -0.15) is 0 Å². The highest BCUT2D eigenvalue weighted by molar-refractivity contribution is 7.89. The molecule has 0 spiro atoms. The van der Waals surface area contributed by atoms with E-state index in [9.17, 15) is 13.2 Å². The smallest absolute Gasteiger partial charge is 0.313 e. The van der Waals surface area contributed by atoms with Crippen LogP contribution in [0.3, 0.4) is 0 Å². The van der Waals surface area contributed by atoms with E-state index in [4.69, 9.17) is 9.47 Å². The van der Waals surface area contributed by atoms with Crippen LogP contribution in [0.2, 0.25) is 0 Å². The van der Waals surface area contributed by atoms with Crippen molar-refractivity contribution < 1.29 is 22.7 Å². The Morgan fingerprint density at radius 1 is 1.00 bits per heavy atom. The van der Waals surface area contributed by atoms with Crippen molar-refractivity contribution in [3.05, 3.63) is 60.2 Å². The lowest BCUT2D eigenvalue weighted by atomic mass is 9.97. The molecule has 2 aromatic carbocycles. The molecule has 0 aromatic heterocycles. The number of ether oxygens (including phenoxy) is 2. The second-order valence-electron chi connectivity index (χ2n) is 6.15. The summed E-state index contributed by atoms with van der Waals surface area (Å²) in [4.78, 5) is 12.5. The van der Waals surface area contributed by atoms with Gasteiger partial charge >= 0.3 is 5.97 Å². The Hall–Kier alpha value is -2.38. The van der Waals surface area contributed by atoms with Crippen LogP contribution < -0.4 is 4.74 Å². The number of sulfonamides is 1. The maximum absolute atomic E-state index is 12.3. The average Bonchev–Trinajstić information content (AvgIpc) is 2.67. The van der Waals surface area contributed by atoms with Gasteiger partial charge in [-0.15, -0.1) is 0 Å². The molecule has 0 heterocycles. The number of hydrogen-bond acceptors (Lipinski definition) is 5. The topological polar surface area (TPSA) is 72.9 Å². The van der Waals surface area contributed by atoms with Crippen LogP contribution in [-0.4, -0.2) is 46.0 Å². The molecule has 1 atom stereocenters. The van der Waals surface area contributed by atoms with Crippen molar-refractivity contribution in [1.82, 2.24) is 4.31 Å². The predicted molar refractivity (Wildman–Crippen MR) is 103 cm³/mol. The molecule has 0 saturated heterocycles. The standard InChI is InChI=1S/C20H25NO5S/c1-4-19(16-8-6-5-7-9-16)20(22)26-15-14-25-17-10-12-18(13-11-17)27(23,24)21(2)3/h5-13,19H,4,14-15H2,1-3H3. The monoisotopic (exact) mass is 391 g/mol. The van der Waals surface area contributed by atoms with E-state index >= 15 is 0 Å². The van der Waals surface area contributed by atoms with Crippen molar-refractivity contribution in [2.45, 2.75) is 24.2 Å². The molecular formula is C20H25NO5S. The molecule has 27 heavy (non-hydrogen) atoms. The Kier molecular flexibility index (Phi) is 7.38. The molecule has 7 heteroatoms. The molecule has 0 N–H and O–H groups in total. The normalized spacial score (nSPS) is 12.6. The van der Waals surface area contributed by atoms with E-state index in [0.29, 0.717) is 12.2 Å². The second kappa shape index (κ2) is 9.53. The second-order valence-corrected chi connectivity index (χ2v) is 8.30. The first-order valence-corrected chi connectivity index (χ1v) is 10.2. The first kappa shape index (κ1) is 20.9. The number of carbonyl (C=O) groups excluding carboxylic acids is 1. The zero-order valence-corrected chi connectivity index (χ0v) is 16.6. The molecule has 1 unspecified atom stereocenters. The van der Waals surface area contributed by atoms with Crippen molar-refractivity contribution >= 4 is 16.0 Å². The molecule has 0 aliphatic carbocycles. The van der Waals surface area contributed by atoms with Gasteiger partial charge in [0.05, 0.1) is 10.8 Å². The van der Waals surface area contributed by atoms with Crippen molar-refractivity contribution in [3.8, 4) is 5.75 Å². The summed E-state index contributed by atoms with van der Waals surface area (Å²) in [6.07, 6.45) is 0.658. The van der Waals surface area contributed by atoms with Crippen LogP contribution in [-0.2, 0) is 19.6 Å². The third-order valence-corrected chi connectivity index (χ3v) is 5.92. The molecule has 2 rings (SSSR count). The van der Waals surface area contributed by atoms with E-state index in [0.717, 1.165) is 9.87 Å². The van der Waals surface area contributed by atoms with Crippen molar-refractivity contribution in [2.24, 2.45) is 0 Å². The fraction of sp³-hybridized carbons (Fsp3) is 0.350. The molecule has 0 amide bonds. The number of benzene rings is 2. The van der Waals surface area contributed by atoms with Gasteiger partial charge in [-0.3, -0.25) is 4.79 Å². The van der Waals surface area contributed by atoms with Gasteiger partial charge in [0.15, 0.2) is 0 Å². The summed E-state index contributed by atoms with van der Waals surface area (Å²) in [6, 6.07) is 15.7. The van der Waals surface area contributed by atoms with Gasteiger partial charge in [0, 0.05) is 14.1 Å². The lowest BCUT2D eigenvalue weighted by molar-refractivity contribution is -0.146. The molecule has 2 aromatic rings. The van der Waals surface area contributed by atoms with Gasteiger partial charge in [0.1, 0.15) is 19.0 Å². The van der Waals surface area contributed by atoms with Gasteiger partial charge in [0.25, 0.3) is 0 Å². The van der Waals surface area contributed by atoms with E-state index in [-0.39, 0.29) is 30.0 Å². The van der Waals surface area contributed by atoms with Crippen LogP contribution in [0.25, 0.3) is 0 Å². The van der Waals surface area contributed by atoms with Gasteiger partial charge in [-0.05, 0) is 36.2 Å². The van der Waals surface area contributed by atoms with Crippen molar-refractivity contribution in [1.29, 1.82) is 0 Å². The largest absolute Gasteiger partial charge is 0.490 e. The third kappa shape index (κ3) is 5.55. The Morgan fingerprint density at radius 3 is 2.19 bits per heavy atom. The van der Waals surface area contributed by atoms with Crippen LogP contribution in [0.5, 0.6) is 5.75 Å². The summed E-state index contributed by atoms with van der Waals surface area (Å²) in [5.41, 5.74) is 0.934. The highest BCUT2D eigenvalue weighted by Gasteiger charge is 2.20. The molecule has 0 radical (unpaired) electrons. The summed E-state index contributed by atoms with van der Waals surface area (Å²) < 4.78 is 36.0. The lowest BCUT2D eigenvalue weighted by Crippen LogP contribution is -2.22. The fourth-order valence-corrected chi connectivity index (χ4v) is 3.45. The predicted octanol–water partition coefficient (Wildman–Crippen LogP) is 3.05. The summed E-state index contributed by atoms with van der Waals surface area (Å²) in [5.74, 6) is -0.0553. The van der Waals surface area contributed by atoms with Crippen molar-refractivity contribution in [3.63, 3.8) is 0 Å². The first-order valence-electron chi connectivity index (χ1n) is 8.73. The third-order valence-electron chi connectivity index (χ3n) is 4.09. The summed E-state index contributed by atoms with van der Waals surface area (Å²) in [5, 5.41) is 0. The van der Waals surface area contributed by atoms with E-state index in [1.807, 2.05) is 37.3 Å². The maximum Gasteiger partial charge on any atom is 0.313 e. The number of rotatable bonds is 9. The van der Waals surface area contributed by atoms with Crippen LogP contribution in [0.15, 0.2) is 59.5 Å². The Labute approximate surface area is 160 Å². The van der Waals surface area contributed by atoms with E-state index in [1.165, 1.54) is 26.2 Å². The van der Waals surface area contributed by atoms with Crippen molar-refractivity contribution in [2.75, 3.05) is 27.3 Å². The molecule has 0 bridgehead atoms. The van der Waals surface area contributed by atoms with Gasteiger partial charge in [-0.25, -0.2) is 12.7 Å². The summed E-state index contributed by atoms with van der Waals surface area (Å²) >= 11 is 0. The average molecular weight is 391 g/mol. The Balaban J connectivity index is 1.83. The van der Waals surface area contributed by atoms with Gasteiger partial charge < -0.3 is 9.47 Å². The molecule has 0 fully saturated rings. The zero-order valence-electron chi connectivity index (χ0n) is 15.8. The Morgan fingerprint density at radius 2 is 1.63 bits per heavy atom. The van der Waals surface area contributed by atoms with Crippen LogP contribution in [0, 0.1) is 0 Å². The highest BCUT2D eigenvalue weighted by Crippen LogP contribution is 2.21. The molecule has 0 aliphatic heterocycles. The molecule has 6 nitrogen and oxygen atoms in total. The minimum absolute atomic E-state index is 0.125. The SMILES string of the molecule is CCC(C(=O)OCCOc1ccc(S(=O)(=O)N(C)C)cc1)c1ccccc1. The van der Waals surface area contributed by atoms with Crippen LogP contribution >= 0.6 is 0 Å². The first-order chi connectivity index (χ1) is 12.9. The Bertz CT molecular complexity index is 832. The highest BCUT2D eigenvalue weighted by atomic mass is 32.2. The van der Waals surface area contributed by atoms with Gasteiger partial charge in [-0.1, -0.05) is 37.3 Å². The minimum atomic E-state index is -3.46. The number of hydrogen-bond donors (Lipinski definition) is 0. The quantitative estimate of drug-likeness (QED) is 0.485.